The highest BCUT2D eigenvalue weighted by Crippen LogP contribution is 2.16. The highest BCUT2D eigenvalue weighted by molar-refractivity contribution is 9.10. The van der Waals surface area contributed by atoms with Gasteiger partial charge in [-0.3, -0.25) is 9.89 Å². The number of Topliss-reactive ketones (excluding diaryl/α,β-unsaturated/α-hetero) is 1. The molecule has 3 N–H and O–H groups in total. The summed E-state index contributed by atoms with van der Waals surface area (Å²) in [5.74, 6) is 0.973. The van der Waals surface area contributed by atoms with Crippen molar-refractivity contribution in [1.82, 2.24) is 20.5 Å². The van der Waals surface area contributed by atoms with Crippen LogP contribution in [0.3, 0.4) is 0 Å². The average molecular weight is 422 g/mol. The van der Waals surface area contributed by atoms with Gasteiger partial charge in [-0.05, 0) is 36.6 Å². The van der Waals surface area contributed by atoms with Crippen molar-refractivity contribution in [3.05, 3.63) is 40.9 Å². The number of aryl methyl sites for hydroxylation is 1. The number of carbonyl (C=O) groups is 2. The minimum absolute atomic E-state index is 0.124. The Bertz CT molecular complexity index is 701. The number of carbonyl (C=O) groups excluding carboxylic acids is 2. The molecule has 0 spiro atoms. The Kier molecular flexibility index (Phi) is 7.77. The Morgan fingerprint density at radius 2 is 1.96 bits per heavy atom. The van der Waals surface area contributed by atoms with Gasteiger partial charge in [0, 0.05) is 35.5 Å². The van der Waals surface area contributed by atoms with Crippen molar-refractivity contribution >= 4 is 33.4 Å². The van der Waals surface area contributed by atoms with E-state index in [1.165, 1.54) is 6.33 Å². The molecular formula is C18H24BrN5O2. The van der Waals surface area contributed by atoms with Crippen LogP contribution in [-0.2, 0) is 11.2 Å². The smallest absolute Gasteiger partial charge is 0.319 e. The maximum absolute atomic E-state index is 12.5. The molecule has 140 valence electrons. The molecular weight excluding hydrogens is 398 g/mol. The monoisotopic (exact) mass is 421 g/mol. The lowest BCUT2D eigenvalue weighted by atomic mass is 9.91. The van der Waals surface area contributed by atoms with E-state index < -0.39 is 0 Å². The van der Waals surface area contributed by atoms with Crippen LogP contribution in [-0.4, -0.2) is 33.5 Å². The number of urea groups is 1. The summed E-state index contributed by atoms with van der Waals surface area (Å²) >= 11 is 3.35. The van der Waals surface area contributed by atoms with Crippen LogP contribution in [0.2, 0.25) is 0 Å². The molecule has 1 aromatic heterocycles. The van der Waals surface area contributed by atoms with Gasteiger partial charge < -0.3 is 10.6 Å². The third-order valence-corrected chi connectivity index (χ3v) is 4.42. The summed E-state index contributed by atoms with van der Waals surface area (Å²) in [6.45, 7) is 4.45. The Hall–Kier alpha value is -2.22. The van der Waals surface area contributed by atoms with Crippen molar-refractivity contribution in [2.75, 3.05) is 11.9 Å². The summed E-state index contributed by atoms with van der Waals surface area (Å²) in [5, 5.41) is 12.1. The third-order valence-electron chi connectivity index (χ3n) is 3.90. The maximum Gasteiger partial charge on any atom is 0.319 e. The lowest BCUT2D eigenvalue weighted by Gasteiger charge is -2.18. The second kappa shape index (κ2) is 10.1. The number of aromatic amines is 1. The van der Waals surface area contributed by atoms with Crippen LogP contribution in [0.25, 0.3) is 0 Å². The van der Waals surface area contributed by atoms with Gasteiger partial charge >= 0.3 is 6.03 Å². The molecule has 26 heavy (non-hydrogen) atoms. The number of hydrogen-bond donors (Lipinski definition) is 3. The van der Waals surface area contributed by atoms with Crippen LogP contribution in [0, 0.1) is 11.8 Å². The van der Waals surface area contributed by atoms with Gasteiger partial charge in [-0.1, -0.05) is 29.8 Å². The number of halogens is 1. The maximum atomic E-state index is 12.5. The summed E-state index contributed by atoms with van der Waals surface area (Å²) < 4.78 is 0.942. The molecule has 0 bridgehead atoms. The molecule has 8 heteroatoms. The number of amides is 2. The number of anilines is 1. The minimum atomic E-state index is -0.316. The van der Waals surface area contributed by atoms with E-state index in [1.54, 1.807) is 12.1 Å². The highest BCUT2D eigenvalue weighted by atomic mass is 79.9. The van der Waals surface area contributed by atoms with E-state index in [1.807, 2.05) is 12.1 Å². The quantitative estimate of drug-likeness (QED) is 0.576. The predicted octanol–water partition coefficient (Wildman–Crippen LogP) is 3.55. The zero-order valence-corrected chi connectivity index (χ0v) is 16.5. The lowest BCUT2D eigenvalue weighted by molar-refractivity contribution is -0.123. The van der Waals surface area contributed by atoms with Gasteiger partial charge in [-0.2, -0.15) is 5.10 Å². The second-order valence-corrected chi connectivity index (χ2v) is 7.48. The van der Waals surface area contributed by atoms with Gasteiger partial charge in [0.2, 0.25) is 0 Å². The van der Waals surface area contributed by atoms with Crippen molar-refractivity contribution in [1.29, 1.82) is 0 Å². The largest absolute Gasteiger partial charge is 0.337 e. The Labute approximate surface area is 161 Å². The van der Waals surface area contributed by atoms with Crippen molar-refractivity contribution < 1.29 is 9.59 Å². The zero-order chi connectivity index (χ0) is 18.9. The van der Waals surface area contributed by atoms with E-state index in [0.717, 1.165) is 10.9 Å². The van der Waals surface area contributed by atoms with Crippen molar-refractivity contribution in [2.45, 2.75) is 33.1 Å². The first kappa shape index (κ1) is 20.1. The van der Waals surface area contributed by atoms with Crippen LogP contribution in [0.1, 0.15) is 32.5 Å². The summed E-state index contributed by atoms with van der Waals surface area (Å²) in [6.07, 6.45) is 3.06. The van der Waals surface area contributed by atoms with Crippen LogP contribution < -0.4 is 10.6 Å². The fourth-order valence-corrected chi connectivity index (χ4v) is 2.88. The van der Waals surface area contributed by atoms with Crippen molar-refractivity contribution in [2.24, 2.45) is 11.8 Å². The van der Waals surface area contributed by atoms with Crippen LogP contribution in [0.15, 0.2) is 35.1 Å². The number of benzene rings is 1. The molecule has 0 fully saturated rings. The number of aromatic nitrogens is 3. The molecule has 0 aliphatic heterocycles. The molecule has 2 rings (SSSR count). The molecule has 7 nitrogen and oxygen atoms in total. The van der Waals surface area contributed by atoms with Crippen molar-refractivity contribution in [3.63, 3.8) is 0 Å². The van der Waals surface area contributed by atoms with E-state index in [-0.39, 0.29) is 17.7 Å². The molecule has 0 aliphatic rings. The Balaban J connectivity index is 1.84. The van der Waals surface area contributed by atoms with E-state index in [9.17, 15) is 9.59 Å². The van der Waals surface area contributed by atoms with Crippen LogP contribution in [0.4, 0.5) is 10.5 Å². The van der Waals surface area contributed by atoms with Crippen LogP contribution in [0.5, 0.6) is 0 Å². The Morgan fingerprint density at radius 1 is 1.23 bits per heavy atom. The first-order chi connectivity index (χ1) is 12.4. The zero-order valence-electron chi connectivity index (χ0n) is 15.0. The summed E-state index contributed by atoms with van der Waals surface area (Å²) in [5.41, 5.74) is 0.697. The highest BCUT2D eigenvalue weighted by Gasteiger charge is 2.20. The first-order valence-corrected chi connectivity index (χ1v) is 9.40. The molecule has 2 aromatic rings. The molecule has 0 aliphatic carbocycles. The first-order valence-electron chi connectivity index (χ1n) is 8.61. The molecule has 1 unspecified atom stereocenters. The number of ketones is 1. The minimum Gasteiger partial charge on any atom is -0.337 e. The number of H-pyrrole nitrogens is 1. The fraction of sp³-hybridized carbons (Fsp3) is 0.444. The standard InChI is InChI=1S/C18H24BrN5O2/c1-12(2)9-13(16(25)7-8-17-21-11-22-24-17)10-20-18(26)23-15-5-3-14(19)4-6-15/h3-6,11-13H,7-10H2,1-2H3,(H2,20,23,26)(H,21,22,24). The summed E-state index contributed by atoms with van der Waals surface area (Å²) in [7, 11) is 0. The van der Waals surface area contributed by atoms with E-state index >= 15 is 0 Å². The number of nitrogens with one attached hydrogen (secondary N) is 3. The lowest BCUT2D eigenvalue weighted by Crippen LogP contribution is -2.36. The molecule has 1 atom stereocenters. The summed E-state index contributed by atoms with van der Waals surface area (Å²) in [4.78, 5) is 28.7. The topological polar surface area (TPSA) is 99.8 Å². The fourth-order valence-electron chi connectivity index (χ4n) is 2.62. The van der Waals surface area contributed by atoms with Gasteiger partial charge in [0.25, 0.3) is 0 Å². The summed E-state index contributed by atoms with van der Waals surface area (Å²) in [6, 6.07) is 6.99. The van der Waals surface area contributed by atoms with E-state index in [2.05, 4.69) is 55.6 Å². The molecule has 1 aromatic carbocycles. The predicted molar refractivity (Wildman–Crippen MR) is 104 cm³/mol. The van der Waals surface area contributed by atoms with Gasteiger partial charge in [0.15, 0.2) is 0 Å². The van der Waals surface area contributed by atoms with Gasteiger partial charge in [-0.15, -0.1) is 0 Å². The van der Waals surface area contributed by atoms with Gasteiger partial charge in [0.05, 0.1) is 0 Å². The molecule has 0 radical (unpaired) electrons. The number of rotatable bonds is 9. The molecule has 1 heterocycles. The average Bonchev–Trinajstić information content (AvgIpc) is 3.11. The van der Waals surface area contributed by atoms with Gasteiger partial charge in [-0.25, -0.2) is 9.78 Å². The van der Waals surface area contributed by atoms with Crippen molar-refractivity contribution in [3.8, 4) is 0 Å². The SMILES string of the molecule is CC(C)CC(CNC(=O)Nc1ccc(Br)cc1)C(=O)CCc1ncn[nH]1. The molecule has 0 saturated heterocycles. The molecule has 2 amide bonds. The van der Waals surface area contributed by atoms with E-state index in [4.69, 9.17) is 0 Å². The second-order valence-electron chi connectivity index (χ2n) is 6.57. The van der Waals surface area contributed by atoms with Gasteiger partial charge in [0.1, 0.15) is 17.9 Å². The van der Waals surface area contributed by atoms with Crippen LogP contribution >= 0.6 is 15.9 Å². The van der Waals surface area contributed by atoms with E-state index in [0.29, 0.717) is 36.8 Å². The third kappa shape index (κ3) is 6.95. The number of hydrogen-bond acceptors (Lipinski definition) is 4. The Morgan fingerprint density at radius 3 is 2.58 bits per heavy atom. The number of nitrogens with zero attached hydrogens (tertiary/aromatic N) is 2. The molecule has 0 saturated carbocycles. The normalized spacial score (nSPS) is 12.0.